The molecule has 5 rings (SSSR count). The molecule has 1 aliphatic rings. The standard InChI is InChI=1S/C25H22N4OS/c30-24(28-25-27-22(17-31-25)20-12-7-13-26-14-20)21-15-29(16-21)23(18-8-3-1-4-9-18)19-10-5-2-6-11-19/h1-14,17,21,23H,15-16H2,(H,27,28,30). The predicted octanol–water partition coefficient (Wildman–Crippen LogP) is 4.87. The Morgan fingerprint density at radius 1 is 0.968 bits per heavy atom. The van der Waals surface area contributed by atoms with E-state index in [4.69, 9.17) is 0 Å². The molecule has 4 aromatic rings. The highest BCUT2D eigenvalue weighted by Gasteiger charge is 2.38. The van der Waals surface area contributed by atoms with Gasteiger partial charge in [0, 0.05) is 36.4 Å². The number of amides is 1. The highest BCUT2D eigenvalue weighted by atomic mass is 32.1. The van der Waals surface area contributed by atoms with Gasteiger partial charge in [-0.1, -0.05) is 60.7 Å². The van der Waals surface area contributed by atoms with Gasteiger partial charge in [0.2, 0.25) is 5.91 Å². The predicted molar refractivity (Wildman–Crippen MR) is 124 cm³/mol. The number of carbonyl (C=O) groups is 1. The molecule has 1 amide bonds. The molecule has 0 spiro atoms. The minimum absolute atomic E-state index is 0.0308. The van der Waals surface area contributed by atoms with Crippen molar-refractivity contribution < 1.29 is 4.79 Å². The van der Waals surface area contributed by atoms with Gasteiger partial charge in [-0.05, 0) is 23.3 Å². The van der Waals surface area contributed by atoms with Crippen molar-refractivity contribution in [3.8, 4) is 11.3 Å². The smallest absolute Gasteiger partial charge is 0.231 e. The second-order valence-corrected chi connectivity index (χ2v) is 8.50. The maximum absolute atomic E-state index is 12.8. The first-order valence-electron chi connectivity index (χ1n) is 10.3. The second-order valence-electron chi connectivity index (χ2n) is 7.64. The zero-order valence-electron chi connectivity index (χ0n) is 16.9. The molecule has 0 radical (unpaired) electrons. The number of rotatable bonds is 6. The van der Waals surface area contributed by atoms with Gasteiger partial charge in [-0.25, -0.2) is 4.98 Å². The number of aromatic nitrogens is 2. The maximum Gasteiger partial charge on any atom is 0.231 e. The number of pyridine rings is 1. The lowest BCUT2D eigenvalue weighted by Crippen LogP contribution is -2.53. The third kappa shape index (κ3) is 4.26. The molecule has 1 N–H and O–H groups in total. The van der Waals surface area contributed by atoms with Gasteiger partial charge in [-0.3, -0.25) is 14.7 Å². The van der Waals surface area contributed by atoms with Gasteiger partial charge >= 0.3 is 0 Å². The van der Waals surface area contributed by atoms with Crippen LogP contribution >= 0.6 is 11.3 Å². The Balaban J connectivity index is 1.25. The molecule has 2 aromatic carbocycles. The first-order valence-corrected chi connectivity index (χ1v) is 11.2. The lowest BCUT2D eigenvalue weighted by atomic mass is 9.90. The summed E-state index contributed by atoms with van der Waals surface area (Å²) in [6.07, 6.45) is 3.51. The summed E-state index contributed by atoms with van der Waals surface area (Å²) in [6, 6.07) is 24.9. The molecule has 6 heteroatoms. The fourth-order valence-electron chi connectivity index (χ4n) is 3.96. The molecule has 0 saturated carbocycles. The van der Waals surface area contributed by atoms with Gasteiger partial charge < -0.3 is 5.32 Å². The summed E-state index contributed by atoms with van der Waals surface area (Å²) in [7, 11) is 0. The number of benzene rings is 2. The molecule has 31 heavy (non-hydrogen) atoms. The van der Waals surface area contributed by atoms with Crippen LogP contribution in [0.3, 0.4) is 0 Å². The highest BCUT2D eigenvalue weighted by Crippen LogP contribution is 2.35. The Kier molecular flexibility index (Phi) is 5.56. The molecule has 0 atom stereocenters. The summed E-state index contributed by atoms with van der Waals surface area (Å²) in [4.78, 5) is 23.8. The van der Waals surface area contributed by atoms with Gasteiger partial charge in [-0.2, -0.15) is 0 Å². The largest absolute Gasteiger partial charge is 0.302 e. The number of anilines is 1. The topological polar surface area (TPSA) is 58.1 Å². The van der Waals surface area contributed by atoms with Gasteiger partial charge in [0.25, 0.3) is 0 Å². The van der Waals surface area contributed by atoms with E-state index in [-0.39, 0.29) is 17.9 Å². The number of thiazole rings is 1. The molecule has 3 heterocycles. The van der Waals surface area contributed by atoms with Crippen LogP contribution in [-0.4, -0.2) is 33.9 Å². The molecule has 1 aliphatic heterocycles. The van der Waals surface area contributed by atoms with Gasteiger partial charge in [-0.15, -0.1) is 11.3 Å². The molecule has 1 fully saturated rings. The number of carbonyl (C=O) groups excluding carboxylic acids is 1. The van der Waals surface area contributed by atoms with Crippen LogP contribution in [0.4, 0.5) is 5.13 Å². The van der Waals surface area contributed by atoms with E-state index in [1.165, 1.54) is 22.5 Å². The van der Waals surface area contributed by atoms with E-state index in [0.717, 1.165) is 24.3 Å². The average molecular weight is 427 g/mol. The van der Waals surface area contributed by atoms with E-state index in [1.54, 1.807) is 12.4 Å². The van der Waals surface area contributed by atoms with Crippen LogP contribution in [0.1, 0.15) is 17.2 Å². The van der Waals surface area contributed by atoms with Crippen LogP contribution in [0.25, 0.3) is 11.3 Å². The Hall–Kier alpha value is -3.35. The molecular weight excluding hydrogens is 404 g/mol. The van der Waals surface area contributed by atoms with Crippen molar-refractivity contribution in [2.75, 3.05) is 18.4 Å². The SMILES string of the molecule is O=C(Nc1nc(-c2cccnc2)cs1)C1CN(C(c2ccccc2)c2ccccc2)C1. The molecule has 1 saturated heterocycles. The summed E-state index contributed by atoms with van der Waals surface area (Å²) in [5, 5.41) is 5.57. The summed E-state index contributed by atoms with van der Waals surface area (Å²) in [5.74, 6) is -0.0103. The lowest BCUT2D eigenvalue weighted by Gasteiger charge is -2.43. The average Bonchev–Trinajstić information content (AvgIpc) is 3.26. The molecule has 0 aliphatic carbocycles. The number of nitrogens with one attached hydrogen (secondary N) is 1. The van der Waals surface area contributed by atoms with Crippen LogP contribution in [0.15, 0.2) is 90.6 Å². The minimum atomic E-state index is -0.0410. The van der Waals surface area contributed by atoms with E-state index in [9.17, 15) is 4.79 Å². The zero-order valence-corrected chi connectivity index (χ0v) is 17.7. The van der Waals surface area contributed by atoms with Crippen molar-refractivity contribution in [1.82, 2.24) is 14.9 Å². The quantitative estimate of drug-likeness (QED) is 0.478. The third-order valence-corrected chi connectivity index (χ3v) is 6.33. The van der Waals surface area contributed by atoms with Crippen molar-refractivity contribution in [1.29, 1.82) is 0 Å². The lowest BCUT2D eigenvalue weighted by molar-refractivity contribution is -0.125. The molecular formula is C25H22N4OS. The summed E-state index contributed by atoms with van der Waals surface area (Å²) in [6.45, 7) is 1.45. The summed E-state index contributed by atoms with van der Waals surface area (Å²) < 4.78 is 0. The molecule has 154 valence electrons. The minimum Gasteiger partial charge on any atom is -0.302 e. The zero-order chi connectivity index (χ0) is 21.0. The van der Waals surface area contributed by atoms with Crippen molar-refractivity contribution >= 4 is 22.4 Å². The van der Waals surface area contributed by atoms with E-state index in [1.807, 2.05) is 29.6 Å². The Bertz CT molecular complexity index is 1100. The first-order chi connectivity index (χ1) is 15.3. The monoisotopic (exact) mass is 426 g/mol. The van der Waals surface area contributed by atoms with Crippen LogP contribution in [0, 0.1) is 5.92 Å². The number of hydrogen-bond donors (Lipinski definition) is 1. The van der Waals surface area contributed by atoms with Crippen molar-refractivity contribution in [3.63, 3.8) is 0 Å². The van der Waals surface area contributed by atoms with Crippen LogP contribution in [-0.2, 0) is 4.79 Å². The Labute approximate surface area is 185 Å². The normalized spacial score (nSPS) is 14.4. The number of hydrogen-bond acceptors (Lipinski definition) is 5. The molecule has 5 nitrogen and oxygen atoms in total. The molecule has 0 bridgehead atoms. The fourth-order valence-corrected chi connectivity index (χ4v) is 4.68. The summed E-state index contributed by atoms with van der Waals surface area (Å²) >= 11 is 1.44. The van der Waals surface area contributed by atoms with Gasteiger partial charge in [0.1, 0.15) is 0 Å². The van der Waals surface area contributed by atoms with Crippen molar-refractivity contribution in [3.05, 3.63) is 102 Å². The van der Waals surface area contributed by atoms with Gasteiger partial charge in [0.05, 0.1) is 17.7 Å². The third-order valence-electron chi connectivity index (χ3n) is 5.57. The van der Waals surface area contributed by atoms with Gasteiger partial charge in [0.15, 0.2) is 5.13 Å². The van der Waals surface area contributed by atoms with E-state index < -0.39 is 0 Å². The number of nitrogens with zero attached hydrogens (tertiary/aromatic N) is 3. The summed E-state index contributed by atoms with van der Waals surface area (Å²) in [5.41, 5.74) is 4.27. The Morgan fingerprint density at radius 3 is 2.26 bits per heavy atom. The van der Waals surface area contributed by atoms with Crippen molar-refractivity contribution in [2.45, 2.75) is 6.04 Å². The van der Waals surface area contributed by atoms with E-state index in [0.29, 0.717) is 5.13 Å². The second kappa shape index (κ2) is 8.79. The number of likely N-dealkylation sites (tertiary alicyclic amines) is 1. The van der Waals surface area contributed by atoms with E-state index in [2.05, 4.69) is 68.7 Å². The van der Waals surface area contributed by atoms with Crippen molar-refractivity contribution in [2.24, 2.45) is 5.92 Å². The molecule has 2 aromatic heterocycles. The fraction of sp³-hybridized carbons (Fsp3) is 0.160. The maximum atomic E-state index is 12.8. The van der Waals surface area contributed by atoms with Crippen LogP contribution in [0.5, 0.6) is 0 Å². The highest BCUT2D eigenvalue weighted by molar-refractivity contribution is 7.14. The molecule has 0 unspecified atom stereocenters. The van der Waals surface area contributed by atoms with E-state index >= 15 is 0 Å². The first kappa shape index (κ1) is 19.6. The Morgan fingerprint density at radius 2 is 1.65 bits per heavy atom. The van der Waals surface area contributed by atoms with Crippen LogP contribution < -0.4 is 5.32 Å². The van der Waals surface area contributed by atoms with Crippen LogP contribution in [0.2, 0.25) is 0 Å².